The second-order valence-electron chi connectivity index (χ2n) is 7.40. The van der Waals surface area contributed by atoms with Crippen LogP contribution in [0.1, 0.15) is 19.8 Å². The topological polar surface area (TPSA) is 61.7 Å². The smallest absolute Gasteiger partial charge is 0.250 e. The Kier molecular flexibility index (Phi) is 6.48. The Morgan fingerprint density at radius 3 is 2.87 bits per heavy atom. The second kappa shape index (κ2) is 9.45. The van der Waals surface area contributed by atoms with Gasteiger partial charge >= 0.3 is 0 Å². The van der Waals surface area contributed by atoms with Gasteiger partial charge in [0.1, 0.15) is 11.6 Å². The first-order valence-corrected chi connectivity index (χ1v) is 10.7. The molecule has 1 fully saturated rings. The van der Waals surface area contributed by atoms with Crippen LogP contribution >= 0.6 is 12.0 Å². The number of hydrogen-bond donors (Lipinski definition) is 1. The third-order valence-corrected chi connectivity index (χ3v) is 5.71. The molecule has 8 heteroatoms. The minimum Gasteiger partial charge on any atom is -0.420 e. The zero-order chi connectivity index (χ0) is 21.8. The summed E-state index contributed by atoms with van der Waals surface area (Å²) in [7, 11) is 1.73. The number of hydrogen-bond acceptors (Lipinski definition) is 6. The minimum atomic E-state index is -0.462. The quantitative estimate of drug-likeness (QED) is 0.440. The third kappa shape index (κ3) is 5.39. The van der Waals surface area contributed by atoms with Gasteiger partial charge in [-0.2, -0.15) is 0 Å². The molecule has 4 rings (SSSR count). The molecule has 6 nitrogen and oxygen atoms in total. The van der Waals surface area contributed by atoms with Crippen molar-refractivity contribution in [1.82, 2.24) is 10.0 Å². The molecule has 0 radical (unpaired) electrons. The van der Waals surface area contributed by atoms with Crippen LogP contribution < -0.4 is 20.1 Å². The average Bonchev–Trinajstić information content (AvgIpc) is 2.75. The predicted molar refractivity (Wildman–Crippen MR) is 119 cm³/mol. The van der Waals surface area contributed by atoms with Gasteiger partial charge in [0.25, 0.3) is 5.56 Å². The van der Waals surface area contributed by atoms with Gasteiger partial charge in [-0.1, -0.05) is 0 Å². The van der Waals surface area contributed by atoms with Crippen molar-refractivity contribution in [3.05, 3.63) is 76.5 Å². The van der Waals surface area contributed by atoms with E-state index in [0.29, 0.717) is 18.1 Å². The van der Waals surface area contributed by atoms with Crippen molar-refractivity contribution >= 4 is 22.9 Å². The van der Waals surface area contributed by atoms with E-state index in [-0.39, 0.29) is 11.7 Å². The zero-order valence-corrected chi connectivity index (χ0v) is 18.1. The van der Waals surface area contributed by atoms with Crippen LogP contribution in [0.25, 0.3) is 10.9 Å². The molecule has 1 aromatic heterocycles. The summed E-state index contributed by atoms with van der Waals surface area (Å²) in [5.74, 6) is 0.173. The molecule has 0 amide bonds. The Morgan fingerprint density at radius 1 is 1.19 bits per heavy atom. The molecule has 1 aliphatic rings. The number of ether oxygens (including phenoxy) is 1. The maximum atomic E-state index is 14.0. The van der Waals surface area contributed by atoms with Crippen LogP contribution in [0.2, 0.25) is 0 Å². The molecule has 3 aromatic rings. The van der Waals surface area contributed by atoms with Gasteiger partial charge in [0.05, 0.1) is 30.3 Å². The summed E-state index contributed by atoms with van der Waals surface area (Å²) >= 11 is 1.11. The molecular weight excluding hydrogens is 419 g/mol. The lowest BCUT2D eigenvalue weighted by molar-refractivity contribution is 0.0479. The number of benzene rings is 2. The highest BCUT2D eigenvalue weighted by atomic mass is 32.2. The fraction of sp³-hybridized carbons (Fsp3) is 0.261. The van der Waals surface area contributed by atoms with Gasteiger partial charge in [0.2, 0.25) is 0 Å². The number of hydroxylamine groups is 1. The number of aryl methyl sites for hydroxylation is 1. The molecule has 162 valence electrons. The maximum Gasteiger partial charge on any atom is 0.250 e. The van der Waals surface area contributed by atoms with Gasteiger partial charge in [-0.05, 0) is 55.0 Å². The summed E-state index contributed by atoms with van der Waals surface area (Å²) in [4.78, 5) is 18.0. The first-order chi connectivity index (χ1) is 15.0. The molecule has 0 spiro atoms. The second-order valence-corrected chi connectivity index (χ2v) is 8.20. The predicted octanol–water partition coefficient (Wildman–Crippen LogP) is 4.73. The molecule has 1 saturated heterocycles. The molecule has 1 unspecified atom stereocenters. The lowest BCUT2D eigenvalue weighted by Gasteiger charge is -2.21. The van der Waals surface area contributed by atoms with Gasteiger partial charge < -0.3 is 18.3 Å². The summed E-state index contributed by atoms with van der Waals surface area (Å²) < 4.78 is 26.8. The van der Waals surface area contributed by atoms with Gasteiger partial charge in [-0.3, -0.25) is 4.79 Å². The molecule has 0 bridgehead atoms. The van der Waals surface area contributed by atoms with E-state index in [2.05, 4.69) is 5.48 Å². The number of nitrogens with one attached hydrogen (secondary N) is 1. The number of aromatic nitrogens is 1. The minimum absolute atomic E-state index is 0.0629. The van der Waals surface area contributed by atoms with E-state index in [9.17, 15) is 9.18 Å². The van der Waals surface area contributed by atoms with Gasteiger partial charge in [0.15, 0.2) is 5.75 Å². The first kappa shape index (κ1) is 21.3. The van der Waals surface area contributed by atoms with Crippen molar-refractivity contribution < 1.29 is 18.1 Å². The Balaban J connectivity index is 1.40. The summed E-state index contributed by atoms with van der Waals surface area (Å²) in [6.07, 6.45) is 3.66. The Morgan fingerprint density at radius 2 is 2.03 bits per heavy atom. The van der Waals surface area contributed by atoms with E-state index in [1.807, 2.05) is 25.1 Å². The molecular formula is C23H23FN2O4S. The monoisotopic (exact) mass is 442 g/mol. The van der Waals surface area contributed by atoms with E-state index in [0.717, 1.165) is 40.7 Å². The van der Waals surface area contributed by atoms with Crippen LogP contribution in [0, 0.1) is 5.82 Å². The Hall–Kier alpha value is -2.97. The van der Waals surface area contributed by atoms with Gasteiger partial charge in [-0.15, -0.1) is 0 Å². The summed E-state index contributed by atoms with van der Waals surface area (Å²) in [6.45, 7) is 2.72. The highest BCUT2D eigenvalue weighted by molar-refractivity contribution is 7.95. The van der Waals surface area contributed by atoms with Crippen molar-refractivity contribution in [2.45, 2.75) is 30.8 Å². The molecule has 0 saturated carbocycles. The largest absolute Gasteiger partial charge is 0.420 e. The lowest BCUT2D eigenvalue weighted by Crippen LogP contribution is -2.20. The van der Waals surface area contributed by atoms with Crippen LogP contribution in [0.5, 0.6) is 11.5 Å². The highest BCUT2D eigenvalue weighted by Crippen LogP contribution is 2.29. The van der Waals surface area contributed by atoms with Crippen LogP contribution in [0.15, 0.2) is 70.0 Å². The lowest BCUT2D eigenvalue weighted by atomic mass is 10.1. The van der Waals surface area contributed by atoms with E-state index in [1.54, 1.807) is 29.9 Å². The van der Waals surface area contributed by atoms with E-state index < -0.39 is 5.82 Å². The van der Waals surface area contributed by atoms with Crippen LogP contribution in [0.4, 0.5) is 4.39 Å². The van der Waals surface area contributed by atoms with E-state index in [4.69, 9.17) is 13.8 Å². The van der Waals surface area contributed by atoms with E-state index >= 15 is 0 Å². The molecule has 1 aliphatic heterocycles. The number of fused-ring (bicyclic) bond motifs is 1. The SMILES string of the molecule is CC1CC(=CNOc2cc(F)cc(OSc3ccc4c(ccc(=O)n4C)c3)c2)CCO1. The van der Waals surface area contributed by atoms with Crippen molar-refractivity contribution in [3.8, 4) is 11.5 Å². The van der Waals surface area contributed by atoms with E-state index in [1.165, 1.54) is 23.8 Å². The van der Waals surface area contributed by atoms with Crippen molar-refractivity contribution in [2.75, 3.05) is 6.61 Å². The molecule has 0 aliphatic carbocycles. The van der Waals surface area contributed by atoms with Crippen molar-refractivity contribution in [3.63, 3.8) is 0 Å². The summed E-state index contributed by atoms with van der Waals surface area (Å²) in [5.41, 5.74) is 4.73. The fourth-order valence-corrected chi connectivity index (χ4v) is 3.98. The van der Waals surface area contributed by atoms with Crippen molar-refractivity contribution in [1.29, 1.82) is 0 Å². The normalized spacial score (nSPS) is 17.6. The Labute approximate surface area is 183 Å². The molecule has 2 heterocycles. The van der Waals surface area contributed by atoms with Crippen LogP contribution in [-0.4, -0.2) is 17.3 Å². The molecule has 2 aromatic carbocycles. The average molecular weight is 443 g/mol. The highest BCUT2D eigenvalue weighted by Gasteiger charge is 2.13. The molecule has 31 heavy (non-hydrogen) atoms. The number of rotatable bonds is 6. The maximum absolute atomic E-state index is 14.0. The molecule has 1 N–H and O–H groups in total. The van der Waals surface area contributed by atoms with Gasteiger partial charge in [0, 0.05) is 42.4 Å². The standard InChI is InChI=1S/C23H23FN2O4S/c1-15-9-16(7-8-28-15)14-25-29-19-11-18(24)12-20(13-19)30-31-21-4-5-22-17(10-21)3-6-23(27)26(22)2/h3-6,10-15,25H,7-9H2,1-2H3. The van der Waals surface area contributed by atoms with Crippen LogP contribution in [0.3, 0.4) is 0 Å². The number of halogens is 1. The van der Waals surface area contributed by atoms with Gasteiger partial charge in [-0.25, -0.2) is 9.87 Å². The van der Waals surface area contributed by atoms with Crippen molar-refractivity contribution in [2.24, 2.45) is 7.05 Å². The number of pyridine rings is 1. The fourth-order valence-electron chi connectivity index (χ4n) is 3.39. The Bertz CT molecular complexity index is 1180. The first-order valence-electron chi connectivity index (χ1n) is 9.95. The van der Waals surface area contributed by atoms with Crippen LogP contribution in [-0.2, 0) is 11.8 Å². The zero-order valence-electron chi connectivity index (χ0n) is 17.3. The third-order valence-electron chi connectivity index (χ3n) is 4.99. The summed E-state index contributed by atoms with van der Waals surface area (Å²) in [5, 5.41) is 0.915. The number of nitrogens with zero attached hydrogens (tertiary/aromatic N) is 1. The summed E-state index contributed by atoms with van der Waals surface area (Å²) in [6, 6.07) is 13.1. The molecule has 1 atom stereocenters.